The lowest BCUT2D eigenvalue weighted by Gasteiger charge is -2.16. The van der Waals surface area contributed by atoms with Gasteiger partial charge in [0.05, 0.1) is 5.75 Å². The maximum absolute atomic E-state index is 10.8. The predicted octanol–water partition coefficient (Wildman–Crippen LogP) is -0.481. The molecular formula is C8H14N2O3S2. The Kier molecular flexibility index (Phi) is 7.06. The Labute approximate surface area is 99.1 Å². The summed E-state index contributed by atoms with van der Waals surface area (Å²) in [6.45, 7) is 3.55. The van der Waals surface area contributed by atoms with E-state index in [1.54, 1.807) is 0 Å². The molecule has 0 radical (unpaired) electrons. The molecule has 5 nitrogen and oxygen atoms in total. The molecule has 0 aromatic heterocycles. The normalized spacial score (nSPS) is 11.6. The minimum Gasteiger partial charge on any atom is -0.480 e. The van der Waals surface area contributed by atoms with Crippen LogP contribution in [0.25, 0.3) is 0 Å². The number of amides is 1. The molecular weight excluding hydrogens is 236 g/mol. The number of carboxylic acids is 1. The third-order valence-corrected chi connectivity index (χ3v) is 2.18. The Bertz CT molecular complexity index is 258. The Morgan fingerprint density at radius 2 is 1.93 bits per heavy atom. The molecule has 1 atom stereocenters. The maximum atomic E-state index is 10.8. The SMILES string of the molecule is C=C(CS)NC(CNC(=O)CS)C(=O)O. The fraction of sp³-hybridized carbons (Fsp3) is 0.500. The lowest BCUT2D eigenvalue weighted by Crippen LogP contribution is -2.46. The summed E-state index contributed by atoms with van der Waals surface area (Å²) in [6.07, 6.45) is 0. The molecule has 7 heteroatoms. The number of carboxylic acid groups (broad SMARTS) is 1. The van der Waals surface area contributed by atoms with E-state index in [0.717, 1.165) is 0 Å². The topological polar surface area (TPSA) is 78.4 Å². The highest BCUT2D eigenvalue weighted by molar-refractivity contribution is 7.81. The molecule has 86 valence electrons. The lowest BCUT2D eigenvalue weighted by atomic mass is 10.3. The van der Waals surface area contributed by atoms with Crippen molar-refractivity contribution in [1.82, 2.24) is 10.6 Å². The Hall–Kier alpha value is -0.820. The van der Waals surface area contributed by atoms with Crippen LogP contribution in [0.1, 0.15) is 0 Å². The number of hydrogen-bond donors (Lipinski definition) is 5. The average Bonchev–Trinajstić information content (AvgIpc) is 2.22. The first-order chi connectivity index (χ1) is 7.01. The molecule has 3 N–H and O–H groups in total. The van der Waals surface area contributed by atoms with Gasteiger partial charge in [-0.3, -0.25) is 4.79 Å². The molecule has 0 spiro atoms. The zero-order valence-electron chi connectivity index (χ0n) is 8.06. The van der Waals surface area contributed by atoms with Crippen LogP contribution in [-0.4, -0.2) is 41.1 Å². The highest BCUT2D eigenvalue weighted by atomic mass is 32.1. The van der Waals surface area contributed by atoms with Crippen LogP contribution in [0.2, 0.25) is 0 Å². The summed E-state index contributed by atoms with van der Waals surface area (Å²) in [5, 5.41) is 13.9. The van der Waals surface area contributed by atoms with Crippen LogP contribution < -0.4 is 10.6 Å². The largest absolute Gasteiger partial charge is 0.480 e. The number of carbonyl (C=O) groups is 2. The second kappa shape index (κ2) is 7.47. The molecule has 0 aromatic rings. The Morgan fingerprint density at radius 3 is 2.33 bits per heavy atom. The molecule has 0 saturated carbocycles. The molecule has 0 aliphatic rings. The average molecular weight is 250 g/mol. The molecule has 1 unspecified atom stereocenters. The third-order valence-electron chi connectivity index (χ3n) is 1.51. The number of hydrogen-bond acceptors (Lipinski definition) is 5. The Balaban J connectivity index is 4.11. The molecule has 0 saturated heterocycles. The van der Waals surface area contributed by atoms with Gasteiger partial charge in [0.1, 0.15) is 6.04 Å². The van der Waals surface area contributed by atoms with Gasteiger partial charge < -0.3 is 15.7 Å². The van der Waals surface area contributed by atoms with Gasteiger partial charge in [0.2, 0.25) is 5.91 Å². The highest BCUT2D eigenvalue weighted by Gasteiger charge is 2.17. The molecule has 0 fully saturated rings. The van der Waals surface area contributed by atoms with Crippen LogP contribution in [0.15, 0.2) is 12.3 Å². The highest BCUT2D eigenvalue weighted by Crippen LogP contribution is 1.92. The van der Waals surface area contributed by atoms with E-state index < -0.39 is 12.0 Å². The maximum Gasteiger partial charge on any atom is 0.327 e. The van der Waals surface area contributed by atoms with Gasteiger partial charge in [0, 0.05) is 18.0 Å². The molecule has 0 rings (SSSR count). The smallest absolute Gasteiger partial charge is 0.327 e. The summed E-state index contributed by atoms with van der Waals surface area (Å²) in [7, 11) is 0. The van der Waals surface area contributed by atoms with E-state index in [9.17, 15) is 9.59 Å². The standard InChI is InChI=1S/C8H14N2O3S2/c1-5(3-14)10-6(8(12)13)2-9-7(11)4-15/h6,10,14-15H,1-4H2,(H,9,11)(H,12,13). The van der Waals surface area contributed by atoms with Crippen LogP contribution in [0.3, 0.4) is 0 Å². The number of nitrogens with one attached hydrogen (secondary N) is 2. The minimum absolute atomic E-state index is 0.0124. The second-order valence-corrected chi connectivity index (χ2v) is 3.39. The first-order valence-corrected chi connectivity index (χ1v) is 5.43. The molecule has 0 bridgehead atoms. The molecule has 0 aliphatic heterocycles. The van der Waals surface area contributed by atoms with E-state index >= 15 is 0 Å². The first kappa shape index (κ1) is 14.2. The summed E-state index contributed by atoms with van der Waals surface area (Å²) < 4.78 is 0. The lowest BCUT2D eigenvalue weighted by molar-refractivity contribution is -0.139. The number of carbonyl (C=O) groups excluding carboxylic acids is 1. The number of thiol groups is 2. The number of aliphatic carboxylic acids is 1. The van der Waals surface area contributed by atoms with Crippen molar-refractivity contribution < 1.29 is 14.7 Å². The minimum atomic E-state index is -1.06. The number of rotatable bonds is 7. The van der Waals surface area contributed by atoms with Crippen LogP contribution >= 0.6 is 25.3 Å². The van der Waals surface area contributed by atoms with Crippen molar-refractivity contribution in [3.8, 4) is 0 Å². The van der Waals surface area contributed by atoms with E-state index in [2.05, 4.69) is 42.5 Å². The Morgan fingerprint density at radius 1 is 1.33 bits per heavy atom. The van der Waals surface area contributed by atoms with Crippen molar-refractivity contribution in [2.45, 2.75) is 6.04 Å². The molecule has 0 aliphatic carbocycles. The summed E-state index contributed by atoms with van der Waals surface area (Å²) >= 11 is 7.68. The van der Waals surface area contributed by atoms with Gasteiger partial charge in [-0.25, -0.2) is 4.79 Å². The van der Waals surface area contributed by atoms with Crippen molar-refractivity contribution >= 4 is 37.1 Å². The summed E-state index contributed by atoms with van der Waals surface area (Å²) in [6, 6.07) is -0.895. The quantitative estimate of drug-likeness (QED) is 0.395. The van der Waals surface area contributed by atoms with E-state index in [4.69, 9.17) is 5.11 Å². The van der Waals surface area contributed by atoms with Gasteiger partial charge in [-0.1, -0.05) is 6.58 Å². The summed E-state index contributed by atoms with van der Waals surface area (Å²) in [5.41, 5.74) is 0.492. The van der Waals surface area contributed by atoms with E-state index in [-0.39, 0.29) is 18.2 Å². The first-order valence-electron chi connectivity index (χ1n) is 4.16. The third kappa shape index (κ3) is 6.29. The van der Waals surface area contributed by atoms with Gasteiger partial charge in [-0.2, -0.15) is 25.3 Å². The van der Waals surface area contributed by atoms with Crippen LogP contribution in [0, 0.1) is 0 Å². The fourth-order valence-electron chi connectivity index (χ4n) is 0.764. The van der Waals surface area contributed by atoms with E-state index in [1.165, 1.54) is 0 Å². The zero-order chi connectivity index (χ0) is 11.8. The van der Waals surface area contributed by atoms with Gasteiger partial charge in [-0.05, 0) is 0 Å². The van der Waals surface area contributed by atoms with Crippen molar-refractivity contribution in [3.63, 3.8) is 0 Å². The zero-order valence-corrected chi connectivity index (χ0v) is 9.85. The fourth-order valence-corrected chi connectivity index (χ4v) is 0.967. The van der Waals surface area contributed by atoms with Gasteiger partial charge in [-0.15, -0.1) is 0 Å². The van der Waals surface area contributed by atoms with Gasteiger partial charge in [0.15, 0.2) is 0 Å². The van der Waals surface area contributed by atoms with Crippen molar-refractivity contribution in [3.05, 3.63) is 12.3 Å². The van der Waals surface area contributed by atoms with Crippen LogP contribution in [0.5, 0.6) is 0 Å². The van der Waals surface area contributed by atoms with Gasteiger partial charge >= 0.3 is 5.97 Å². The van der Waals surface area contributed by atoms with Crippen molar-refractivity contribution in [2.75, 3.05) is 18.1 Å². The predicted molar refractivity (Wildman–Crippen MR) is 64.4 cm³/mol. The summed E-state index contributed by atoms with van der Waals surface area (Å²) in [4.78, 5) is 21.6. The second-order valence-electron chi connectivity index (χ2n) is 2.76. The van der Waals surface area contributed by atoms with Gasteiger partial charge in [0.25, 0.3) is 0 Å². The van der Waals surface area contributed by atoms with Crippen molar-refractivity contribution in [2.24, 2.45) is 0 Å². The molecule has 0 aromatic carbocycles. The van der Waals surface area contributed by atoms with Crippen LogP contribution in [-0.2, 0) is 9.59 Å². The molecule has 1 amide bonds. The van der Waals surface area contributed by atoms with Crippen LogP contribution in [0.4, 0.5) is 0 Å². The molecule has 0 heterocycles. The van der Waals surface area contributed by atoms with E-state index in [0.29, 0.717) is 11.4 Å². The monoisotopic (exact) mass is 250 g/mol. The summed E-state index contributed by atoms with van der Waals surface area (Å²) in [5.74, 6) is -1.01. The van der Waals surface area contributed by atoms with E-state index in [1.807, 2.05) is 0 Å². The van der Waals surface area contributed by atoms with Crippen molar-refractivity contribution in [1.29, 1.82) is 0 Å². The molecule has 15 heavy (non-hydrogen) atoms.